The van der Waals surface area contributed by atoms with Crippen molar-refractivity contribution in [2.75, 3.05) is 34.3 Å². The van der Waals surface area contributed by atoms with Gasteiger partial charge in [-0.15, -0.1) is 0 Å². The topological polar surface area (TPSA) is 70.8 Å². The fourth-order valence-corrected chi connectivity index (χ4v) is 4.49. The van der Waals surface area contributed by atoms with E-state index in [9.17, 15) is 4.79 Å². The molecule has 0 amide bonds. The predicted octanol–water partition coefficient (Wildman–Crippen LogP) is 4.05. The van der Waals surface area contributed by atoms with E-state index in [1.807, 2.05) is 48.5 Å². The number of benzene rings is 1. The molecule has 7 nitrogen and oxygen atoms in total. The summed E-state index contributed by atoms with van der Waals surface area (Å²) in [5, 5.41) is 4.12. The number of rotatable bonds is 8. The summed E-state index contributed by atoms with van der Waals surface area (Å²) < 4.78 is 11.3. The molecule has 172 valence electrons. The lowest BCUT2D eigenvalue weighted by Crippen LogP contribution is -2.32. The lowest BCUT2D eigenvalue weighted by atomic mass is 10.0. The van der Waals surface area contributed by atoms with Gasteiger partial charge in [0.1, 0.15) is 17.6 Å². The minimum absolute atomic E-state index is 0.145. The zero-order chi connectivity index (χ0) is 23.4. The second-order valence-electron chi connectivity index (χ2n) is 8.22. The van der Waals surface area contributed by atoms with E-state index in [0.717, 1.165) is 31.0 Å². The number of aromatic nitrogens is 1. The van der Waals surface area contributed by atoms with Gasteiger partial charge in [-0.25, -0.2) is 4.79 Å². The van der Waals surface area contributed by atoms with Gasteiger partial charge in [-0.1, -0.05) is 24.3 Å². The van der Waals surface area contributed by atoms with E-state index < -0.39 is 5.97 Å². The number of carbonyl (C=O) groups is 1. The summed E-state index contributed by atoms with van der Waals surface area (Å²) in [6.07, 6.45) is 2.74. The number of furan rings is 1. The van der Waals surface area contributed by atoms with Gasteiger partial charge in [0.25, 0.3) is 0 Å². The Morgan fingerprint density at radius 3 is 2.70 bits per heavy atom. The highest BCUT2D eigenvalue weighted by Gasteiger charge is 2.41. The van der Waals surface area contributed by atoms with Gasteiger partial charge in [-0.3, -0.25) is 4.98 Å². The number of hydrogen-bond acceptors (Lipinski definition) is 6. The van der Waals surface area contributed by atoms with Gasteiger partial charge < -0.3 is 24.3 Å². The van der Waals surface area contributed by atoms with Crippen LogP contribution in [0.25, 0.3) is 11.3 Å². The highest BCUT2D eigenvalue weighted by molar-refractivity contribution is 7.80. The molecule has 1 N–H and O–H groups in total. The zero-order valence-electron chi connectivity index (χ0n) is 19.0. The molecule has 0 unspecified atom stereocenters. The van der Waals surface area contributed by atoms with Crippen molar-refractivity contribution in [1.82, 2.24) is 20.1 Å². The number of hydrogen-bond donors (Lipinski definition) is 1. The number of pyridine rings is 1. The maximum absolute atomic E-state index is 12.3. The molecule has 33 heavy (non-hydrogen) atoms. The van der Waals surface area contributed by atoms with Crippen LogP contribution in [-0.4, -0.2) is 60.2 Å². The van der Waals surface area contributed by atoms with E-state index in [1.165, 1.54) is 7.11 Å². The molecule has 3 aromatic rings. The van der Waals surface area contributed by atoms with E-state index in [0.29, 0.717) is 22.0 Å². The highest BCUT2D eigenvalue weighted by Crippen LogP contribution is 2.40. The van der Waals surface area contributed by atoms with Gasteiger partial charge in [0.05, 0.1) is 24.4 Å². The maximum Gasteiger partial charge on any atom is 0.338 e. The van der Waals surface area contributed by atoms with Crippen molar-refractivity contribution < 1.29 is 13.9 Å². The van der Waals surface area contributed by atoms with Gasteiger partial charge in [0.15, 0.2) is 5.11 Å². The maximum atomic E-state index is 12.3. The van der Waals surface area contributed by atoms with Crippen molar-refractivity contribution in [2.24, 2.45) is 0 Å². The summed E-state index contributed by atoms with van der Waals surface area (Å²) in [7, 11) is 5.50. The van der Waals surface area contributed by atoms with Crippen LogP contribution in [0.2, 0.25) is 0 Å². The molecule has 0 spiro atoms. The van der Waals surface area contributed by atoms with Gasteiger partial charge in [0, 0.05) is 18.3 Å². The van der Waals surface area contributed by atoms with Gasteiger partial charge in [0.2, 0.25) is 0 Å². The van der Waals surface area contributed by atoms with Gasteiger partial charge in [-0.2, -0.15) is 0 Å². The molecule has 1 saturated heterocycles. The van der Waals surface area contributed by atoms with Crippen LogP contribution in [0.3, 0.4) is 0 Å². The standard InChI is InChI=1S/C25H28N4O3S/c1-28(2)15-8-16-29-23(22(27-25(29)33)19-11-6-7-14-26-19)21-13-12-20(32-21)17-9-4-5-10-18(17)24(30)31-3/h4-7,9-14,22-23H,8,15-16H2,1-3H3,(H,27,33)/t22-,23+/m1/s1. The van der Waals surface area contributed by atoms with E-state index in [-0.39, 0.29) is 12.1 Å². The molecule has 0 aliphatic carbocycles. The Morgan fingerprint density at radius 1 is 1.18 bits per heavy atom. The molecule has 0 bridgehead atoms. The van der Waals surface area contributed by atoms with Crippen molar-refractivity contribution >= 4 is 23.3 Å². The Bertz CT molecular complexity index is 1120. The third-order valence-electron chi connectivity index (χ3n) is 5.72. The fourth-order valence-electron chi connectivity index (χ4n) is 4.16. The molecular formula is C25H28N4O3S. The highest BCUT2D eigenvalue weighted by atomic mass is 32.1. The average Bonchev–Trinajstić information content (AvgIpc) is 3.44. The number of nitrogens with zero attached hydrogens (tertiary/aromatic N) is 3. The Labute approximate surface area is 199 Å². The van der Waals surface area contributed by atoms with Crippen LogP contribution in [-0.2, 0) is 4.74 Å². The number of nitrogens with one attached hydrogen (secondary N) is 1. The first-order valence-corrected chi connectivity index (χ1v) is 11.3. The zero-order valence-corrected chi connectivity index (χ0v) is 19.8. The molecule has 2 aromatic heterocycles. The second-order valence-corrected chi connectivity index (χ2v) is 8.60. The molecular weight excluding hydrogens is 436 g/mol. The molecule has 8 heteroatoms. The second kappa shape index (κ2) is 10.1. The SMILES string of the molecule is COC(=O)c1ccccc1-c1ccc([C@H]2[C@@H](c3ccccn3)NC(=S)N2CCCN(C)C)o1. The first-order valence-electron chi connectivity index (χ1n) is 10.9. The van der Waals surface area contributed by atoms with Crippen LogP contribution in [0.4, 0.5) is 0 Å². The molecule has 1 aliphatic rings. The predicted molar refractivity (Wildman–Crippen MR) is 131 cm³/mol. The summed E-state index contributed by atoms with van der Waals surface area (Å²) in [5.41, 5.74) is 2.05. The summed E-state index contributed by atoms with van der Waals surface area (Å²) in [6.45, 7) is 1.74. The molecule has 2 atom stereocenters. The molecule has 1 aliphatic heterocycles. The van der Waals surface area contributed by atoms with Gasteiger partial charge >= 0.3 is 5.97 Å². The van der Waals surface area contributed by atoms with Crippen molar-refractivity contribution in [3.8, 4) is 11.3 Å². The van der Waals surface area contributed by atoms with Crippen LogP contribution in [0.1, 0.15) is 40.3 Å². The number of methoxy groups -OCH3 is 1. The third-order valence-corrected chi connectivity index (χ3v) is 6.07. The van der Waals surface area contributed by atoms with E-state index in [2.05, 4.69) is 34.2 Å². The van der Waals surface area contributed by atoms with Crippen LogP contribution in [0, 0.1) is 0 Å². The normalized spacial score (nSPS) is 17.9. The average molecular weight is 465 g/mol. The Balaban J connectivity index is 1.70. The Hall–Kier alpha value is -3.23. The van der Waals surface area contributed by atoms with Crippen LogP contribution >= 0.6 is 12.2 Å². The number of thiocarbonyl (C=S) groups is 1. The minimum atomic E-state index is -0.399. The van der Waals surface area contributed by atoms with Gasteiger partial charge in [-0.05, 0) is 69.6 Å². The van der Waals surface area contributed by atoms with Crippen molar-refractivity contribution in [3.63, 3.8) is 0 Å². The van der Waals surface area contributed by atoms with E-state index >= 15 is 0 Å². The number of carbonyl (C=O) groups excluding carboxylic acids is 1. The summed E-state index contributed by atoms with van der Waals surface area (Å²) in [5.74, 6) is 0.971. The van der Waals surface area contributed by atoms with Crippen molar-refractivity contribution in [1.29, 1.82) is 0 Å². The third kappa shape index (κ3) is 4.91. The van der Waals surface area contributed by atoms with Crippen LogP contribution in [0.15, 0.2) is 65.2 Å². The van der Waals surface area contributed by atoms with Crippen LogP contribution < -0.4 is 5.32 Å². The summed E-state index contributed by atoms with van der Waals surface area (Å²) in [6, 6.07) is 16.7. The first kappa shape index (κ1) is 22.9. The molecule has 0 radical (unpaired) electrons. The lowest BCUT2D eigenvalue weighted by molar-refractivity contribution is 0.0601. The summed E-state index contributed by atoms with van der Waals surface area (Å²) in [4.78, 5) is 21.2. The molecule has 1 aromatic carbocycles. The number of esters is 1. The molecule has 0 saturated carbocycles. The molecule has 4 rings (SSSR count). The quantitative estimate of drug-likeness (QED) is 0.396. The summed E-state index contributed by atoms with van der Waals surface area (Å²) >= 11 is 5.72. The van der Waals surface area contributed by atoms with Crippen molar-refractivity contribution in [2.45, 2.75) is 18.5 Å². The Kier molecular flexibility index (Phi) is 7.05. The lowest BCUT2D eigenvalue weighted by Gasteiger charge is -2.26. The van der Waals surface area contributed by atoms with E-state index in [1.54, 1.807) is 12.3 Å². The first-order chi connectivity index (χ1) is 16.0. The number of ether oxygens (including phenoxy) is 1. The van der Waals surface area contributed by atoms with E-state index in [4.69, 9.17) is 21.4 Å². The molecule has 1 fully saturated rings. The smallest absolute Gasteiger partial charge is 0.338 e. The molecule has 3 heterocycles. The largest absolute Gasteiger partial charge is 0.465 e. The van der Waals surface area contributed by atoms with Crippen molar-refractivity contribution in [3.05, 3.63) is 77.8 Å². The minimum Gasteiger partial charge on any atom is -0.465 e. The Morgan fingerprint density at radius 2 is 1.97 bits per heavy atom. The fraction of sp³-hybridized carbons (Fsp3) is 0.320. The van der Waals surface area contributed by atoms with Crippen LogP contribution in [0.5, 0.6) is 0 Å². The monoisotopic (exact) mass is 464 g/mol.